The Morgan fingerprint density at radius 2 is 1.73 bits per heavy atom. The molecule has 2 heterocycles. The Labute approximate surface area is 150 Å². The van der Waals surface area contributed by atoms with Gasteiger partial charge in [-0.2, -0.15) is 18.3 Å². The lowest BCUT2D eigenvalue weighted by molar-refractivity contribution is -0.137. The summed E-state index contributed by atoms with van der Waals surface area (Å²) in [4.78, 5) is 8.82. The van der Waals surface area contributed by atoms with Gasteiger partial charge in [-0.25, -0.2) is 4.68 Å². The molecule has 1 aliphatic heterocycles. The SMILES string of the molecule is CCCC(c1cc(C)c(-n2cc(C(F)(F)F)cn2)c(C)c1)C1N=CC=N1. The summed E-state index contributed by atoms with van der Waals surface area (Å²) in [6.07, 6.45) is 2.73. The third-order valence-corrected chi connectivity index (χ3v) is 4.58. The molecule has 1 unspecified atom stereocenters. The molecule has 7 heteroatoms. The standard InChI is InChI=1S/C19H21F3N4/c1-4-5-16(18-23-6-7-24-18)14-8-12(2)17(13(3)9-14)26-11-15(10-25-26)19(20,21)22/h6-11,16,18H,4-5H2,1-3H3. The Bertz CT molecular complexity index is 814. The van der Waals surface area contributed by atoms with Crippen LogP contribution in [-0.2, 0) is 6.18 Å². The fraction of sp³-hybridized carbons (Fsp3) is 0.421. The van der Waals surface area contributed by atoms with Crippen molar-refractivity contribution in [3.8, 4) is 5.69 Å². The van der Waals surface area contributed by atoms with Gasteiger partial charge in [0.05, 0.1) is 17.4 Å². The van der Waals surface area contributed by atoms with Gasteiger partial charge in [0, 0.05) is 24.5 Å². The molecular formula is C19H21F3N4. The van der Waals surface area contributed by atoms with Gasteiger partial charge in [-0.1, -0.05) is 25.5 Å². The first kappa shape index (κ1) is 18.4. The molecule has 1 aromatic heterocycles. The molecule has 1 aliphatic rings. The molecule has 0 amide bonds. The van der Waals surface area contributed by atoms with E-state index < -0.39 is 11.7 Å². The van der Waals surface area contributed by atoms with Crippen molar-refractivity contribution in [3.63, 3.8) is 0 Å². The van der Waals surface area contributed by atoms with Crippen molar-refractivity contribution >= 4 is 12.4 Å². The summed E-state index contributed by atoms with van der Waals surface area (Å²) in [5.41, 5.74) is 2.79. The van der Waals surface area contributed by atoms with E-state index in [1.807, 2.05) is 26.0 Å². The van der Waals surface area contributed by atoms with Crippen LogP contribution < -0.4 is 0 Å². The molecule has 138 valence electrons. The van der Waals surface area contributed by atoms with Crippen LogP contribution in [0.4, 0.5) is 13.2 Å². The fourth-order valence-electron chi connectivity index (χ4n) is 3.45. The van der Waals surface area contributed by atoms with E-state index in [0.29, 0.717) is 5.69 Å². The molecule has 0 saturated carbocycles. The zero-order valence-electron chi connectivity index (χ0n) is 15.0. The predicted molar refractivity (Wildman–Crippen MR) is 96.5 cm³/mol. The maximum absolute atomic E-state index is 12.9. The lowest BCUT2D eigenvalue weighted by Gasteiger charge is -2.22. The molecule has 2 aromatic rings. The molecule has 4 nitrogen and oxygen atoms in total. The monoisotopic (exact) mass is 362 g/mol. The molecule has 0 saturated heterocycles. The summed E-state index contributed by atoms with van der Waals surface area (Å²) in [7, 11) is 0. The van der Waals surface area contributed by atoms with E-state index in [4.69, 9.17) is 0 Å². The molecular weight excluding hydrogens is 341 g/mol. The number of benzene rings is 1. The molecule has 26 heavy (non-hydrogen) atoms. The van der Waals surface area contributed by atoms with Crippen LogP contribution in [-0.4, -0.2) is 28.4 Å². The van der Waals surface area contributed by atoms with E-state index in [9.17, 15) is 13.2 Å². The summed E-state index contributed by atoms with van der Waals surface area (Å²) in [5, 5.41) is 3.91. The molecule has 3 rings (SSSR count). The normalized spacial score (nSPS) is 15.8. The van der Waals surface area contributed by atoms with Crippen LogP contribution in [0.1, 0.15) is 47.9 Å². The van der Waals surface area contributed by atoms with Crippen LogP contribution in [0.15, 0.2) is 34.5 Å². The highest BCUT2D eigenvalue weighted by Crippen LogP contribution is 2.34. The summed E-state index contributed by atoms with van der Waals surface area (Å²) in [6.45, 7) is 5.90. The average Bonchev–Trinajstić information content (AvgIpc) is 3.23. The quantitative estimate of drug-likeness (QED) is 0.748. The second kappa shape index (κ2) is 7.05. The highest BCUT2D eigenvalue weighted by molar-refractivity contribution is 6.17. The fourth-order valence-corrected chi connectivity index (χ4v) is 3.45. The Kier molecular flexibility index (Phi) is 4.98. The maximum atomic E-state index is 12.9. The first-order valence-electron chi connectivity index (χ1n) is 8.59. The minimum atomic E-state index is -4.40. The van der Waals surface area contributed by atoms with Crippen molar-refractivity contribution in [1.82, 2.24) is 9.78 Å². The first-order valence-corrected chi connectivity index (χ1v) is 8.59. The van der Waals surface area contributed by atoms with Crippen molar-refractivity contribution < 1.29 is 13.2 Å². The van der Waals surface area contributed by atoms with Crippen molar-refractivity contribution in [2.24, 2.45) is 9.98 Å². The van der Waals surface area contributed by atoms with E-state index in [2.05, 4.69) is 22.0 Å². The summed E-state index contributed by atoms with van der Waals surface area (Å²) < 4.78 is 39.9. The van der Waals surface area contributed by atoms with Crippen LogP contribution in [0.3, 0.4) is 0 Å². The van der Waals surface area contributed by atoms with Crippen LogP contribution >= 0.6 is 0 Å². The summed E-state index contributed by atoms with van der Waals surface area (Å²) in [6, 6.07) is 4.03. The molecule has 0 bridgehead atoms. The van der Waals surface area contributed by atoms with E-state index in [1.54, 1.807) is 12.4 Å². The number of rotatable bonds is 5. The molecule has 0 N–H and O–H groups in total. The zero-order valence-corrected chi connectivity index (χ0v) is 15.0. The van der Waals surface area contributed by atoms with Gasteiger partial charge < -0.3 is 0 Å². The Morgan fingerprint density at radius 1 is 1.12 bits per heavy atom. The number of nitrogens with zero attached hydrogens (tertiary/aromatic N) is 4. The van der Waals surface area contributed by atoms with E-state index in [0.717, 1.165) is 41.9 Å². The second-order valence-corrected chi connectivity index (χ2v) is 6.58. The van der Waals surface area contributed by atoms with Gasteiger partial charge in [-0.15, -0.1) is 0 Å². The van der Waals surface area contributed by atoms with Gasteiger partial charge in [0.15, 0.2) is 0 Å². The van der Waals surface area contributed by atoms with Gasteiger partial charge in [-0.05, 0) is 37.0 Å². The second-order valence-electron chi connectivity index (χ2n) is 6.58. The van der Waals surface area contributed by atoms with Crippen LogP contribution in [0.5, 0.6) is 0 Å². The third kappa shape index (κ3) is 3.57. The molecule has 1 aromatic carbocycles. The lowest BCUT2D eigenvalue weighted by atomic mass is 9.89. The van der Waals surface area contributed by atoms with Crippen LogP contribution in [0.2, 0.25) is 0 Å². The number of hydrogen-bond acceptors (Lipinski definition) is 3. The molecule has 0 fully saturated rings. The minimum absolute atomic E-state index is 0.124. The van der Waals surface area contributed by atoms with Crippen molar-refractivity contribution in [1.29, 1.82) is 0 Å². The predicted octanol–water partition coefficient (Wildman–Crippen LogP) is 4.87. The summed E-state index contributed by atoms with van der Waals surface area (Å²) >= 11 is 0. The van der Waals surface area contributed by atoms with Gasteiger partial charge >= 0.3 is 6.18 Å². The highest BCUT2D eigenvalue weighted by atomic mass is 19.4. The highest BCUT2D eigenvalue weighted by Gasteiger charge is 2.32. The smallest absolute Gasteiger partial charge is 0.264 e. The van der Waals surface area contributed by atoms with Crippen molar-refractivity contribution in [2.75, 3.05) is 0 Å². The largest absolute Gasteiger partial charge is 0.419 e. The van der Waals surface area contributed by atoms with Gasteiger partial charge in [0.25, 0.3) is 0 Å². The Morgan fingerprint density at radius 3 is 2.23 bits per heavy atom. The number of aryl methyl sites for hydroxylation is 2. The van der Waals surface area contributed by atoms with Gasteiger partial charge in [0.1, 0.15) is 6.17 Å². The van der Waals surface area contributed by atoms with E-state index in [-0.39, 0.29) is 12.1 Å². The Balaban J connectivity index is 1.99. The number of aromatic nitrogens is 2. The number of halogens is 3. The Hall–Kier alpha value is -2.44. The van der Waals surface area contributed by atoms with Gasteiger partial charge in [-0.3, -0.25) is 9.98 Å². The van der Waals surface area contributed by atoms with Crippen LogP contribution in [0.25, 0.3) is 5.69 Å². The minimum Gasteiger partial charge on any atom is -0.264 e. The number of hydrogen-bond donors (Lipinski definition) is 0. The topological polar surface area (TPSA) is 42.5 Å². The zero-order chi connectivity index (χ0) is 18.9. The first-order chi connectivity index (χ1) is 12.3. The van der Waals surface area contributed by atoms with Crippen molar-refractivity contribution in [3.05, 3.63) is 46.8 Å². The molecule has 0 spiro atoms. The molecule has 0 aliphatic carbocycles. The lowest BCUT2D eigenvalue weighted by Crippen LogP contribution is -2.14. The number of alkyl halides is 3. The van der Waals surface area contributed by atoms with Crippen molar-refractivity contribution in [2.45, 2.75) is 51.9 Å². The van der Waals surface area contributed by atoms with E-state index in [1.165, 1.54) is 4.68 Å². The van der Waals surface area contributed by atoms with Crippen LogP contribution in [0, 0.1) is 13.8 Å². The summed E-state index contributed by atoms with van der Waals surface area (Å²) in [5.74, 6) is 0.157. The third-order valence-electron chi connectivity index (χ3n) is 4.58. The molecule has 0 radical (unpaired) electrons. The maximum Gasteiger partial charge on any atom is 0.419 e. The van der Waals surface area contributed by atoms with E-state index >= 15 is 0 Å². The average molecular weight is 362 g/mol. The number of aliphatic imine (C=N–C) groups is 2. The molecule has 1 atom stereocenters. The van der Waals surface area contributed by atoms with Gasteiger partial charge in [0.2, 0.25) is 0 Å².